The molecule has 94 valence electrons. The van der Waals surface area contributed by atoms with Crippen molar-refractivity contribution >= 4 is 5.97 Å². The fourth-order valence-electron chi connectivity index (χ4n) is 2.46. The maximum Gasteiger partial charge on any atom is 0.306 e. The van der Waals surface area contributed by atoms with Crippen LogP contribution in [-0.2, 0) is 11.2 Å². The maximum atomic E-state index is 10.8. The highest BCUT2D eigenvalue weighted by atomic mass is 16.4. The molecule has 1 aliphatic rings. The summed E-state index contributed by atoms with van der Waals surface area (Å²) in [4.78, 5) is 15.1. The fourth-order valence-corrected chi connectivity index (χ4v) is 2.46. The Morgan fingerprint density at radius 3 is 2.88 bits per heavy atom. The molecule has 4 nitrogen and oxygen atoms in total. The molecule has 2 rings (SSSR count). The molecule has 1 aromatic rings. The van der Waals surface area contributed by atoms with Gasteiger partial charge in [-0.1, -0.05) is 26.2 Å². The van der Waals surface area contributed by atoms with Gasteiger partial charge in [-0.2, -0.15) is 0 Å². The molecule has 4 heteroatoms. The number of aromatic nitrogens is 2. The number of imidazole rings is 1. The van der Waals surface area contributed by atoms with Crippen molar-refractivity contribution in [1.82, 2.24) is 9.55 Å². The van der Waals surface area contributed by atoms with E-state index in [0.717, 1.165) is 5.69 Å². The number of nitrogens with zero attached hydrogens (tertiary/aromatic N) is 2. The van der Waals surface area contributed by atoms with Crippen LogP contribution < -0.4 is 0 Å². The van der Waals surface area contributed by atoms with Crippen molar-refractivity contribution in [2.75, 3.05) is 0 Å². The van der Waals surface area contributed by atoms with Gasteiger partial charge in [0.15, 0.2) is 0 Å². The summed E-state index contributed by atoms with van der Waals surface area (Å²) in [6.07, 6.45) is 10.8. The fraction of sp³-hybridized carbons (Fsp3) is 0.692. The van der Waals surface area contributed by atoms with Crippen LogP contribution in [0.3, 0.4) is 0 Å². The zero-order valence-electron chi connectivity index (χ0n) is 10.3. The van der Waals surface area contributed by atoms with E-state index in [-0.39, 0.29) is 5.92 Å². The van der Waals surface area contributed by atoms with E-state index in [4.69, 9.17) is 5.11 Å². The van der Waals surface area contributed by atoms with E-state index < -0.39 is 5.97 Å². The van der Waals surface area contributed by atoms with Crippen LogP contribution in [0.5, 0.6) is 0 Å². The van der Waals surface area contributed by atoms with E-state index in [1.807, 2.05) is 12.5 Å². The molecule has 0 aromatic carbocycles. The predicted octanol–water partition coefficient (Wildman–Crippen LogP) is 2.65. The Morgan fingerprint density at radius 2 is 2.24 bits per heavy atom. The molecule has 0 saturated heterocycles. The van der Waals surface area contributed by atoms with Crippen LogP contribution in [0.2, 0.25) is 0 Å². The summed E-state index contributed by atoms with van der Waals surface area (Å²) in [5.41, 5.74) is 0.894. The summed E-state index contributed by atoms with van der Waals surface area (Å²) in [6, 6.07) is 0.574. The summed E-state index contributed by atoms with van der Waals surface area (Å²) in [7, 11) is 0. The Balaban J connectivity index is 1.97. The lowest BCUT2D eigenvalue weighted by atomic mass is 9.95. The van der Waals surface area contributed by atoms with Crippen molar-refractivity contribution in [2.45, 2.75) is 51.5 Å². The minimum absolute atomic E-state index is 0.357. The standard InChI is InChI=1S/C13H20N2O2/c1-10(13(16)17)7-11-8-15(9-14-11)12-5-3-2-4-6-12/h8-10,12H,2-7H2,1H3,(H,16,17). The van der Waals surface area contributed by atoms with E-state index in [2.05, 4.69) is 9.55 Å². The monoisotopic (exact) mass is 236 g/mol. The van der Waals surface area contributed by atoms with E-state index in [0.29, 0.717) is 12.5 Å². The minimum atomic E-state index is -0.753. The first-order valence-electron chi connectivity index (χ1n) is 6.42. The Kier molecular flexibility index (Phi) is 3.82. The predicted molar refractivity (Wildman–Crippen MR) is 64.9 cm³/mol. The smallest absolute Gasteiger partial charge is 0.306 e. The summed E-state index contributed by atoms with van der Waals surface area (Å²) in [5.74, 6) is -1.11. The van der Waals surface area contributed by atoms with Crippen molar-refractivity contribution in [3.63, 3.8) is 0 Å². The van der Waals surface area contributed by atoms with Gasteiger partial charge in [-0.3, -0.25) is 4.79 Å². The zero-order chi connectivity index (χ0) is 12.3. The van der Waals surface area contributed by atoms with Gasteiger partial charge in [0, 0.05) is 18.7 Å². The number of rotatable bonds is 4. The average molecular weight is 236 g/mol. The third kappa shape index (κ3) is 3.08. The van der Waals surface area contributed by atoms with Crippen molar-refractivity contribution in [3.8, 4) is 0 Å². The summed E-state index contributed by atoms with van der Waals surface area (Å²) in [5, 5.41) is 8.86. The quantitative estimate of drug-likeness (QED) is 0.874. The molecule has 0 radical (unpaired) electrons. The molecule has 0 amide bonds. The number of hydrogen-bond acceptors (Lipinski definition) is 2. The van der Waals surface area contributed by atoms with Crippen molar-refractivity contribution in [1.29, 1.82) is 0 Å². The Bertz CT molecular complexity index is 381. The van der Waals surface area contributed by atoms with Gasteiger partial charge < -0.3 is 9.67 Å². The first-order valence-corrected chi connectivity index (χ1v) is 6.42. The normalized spacial score (nSPS) is 19.1. The topological polar surface area (TPSA) is 55.1 Å². The van der Waals surface area contributed by atoms with E-state index in [1.54, 1.807) is 6.92 Å². The number of carboxylic acids is 1. The molecule has 1 aliphatic carbocycles. The van der Waals surface area contributed by atoms with Crippen molar-refractivity contribution in [3.05, 3.63) is 18.2 Å². The molecule has 1 unspecified atom stereocenters. The maximum absolute atomic E-state index is 10.8. The molecule has 0 spiro atoms. The minimum Gasteiger partial charge on any atom is -0.481 e. The SMILES string of the molecule is CC(Cc1cn(C2CCCCC2)cn1)C(=O)O. The molecule has 17 heavy (non-hydrogen) atoms. The second kappa shape index (κ2) is 5.34. The van der Waals surface area contributed by atoms with Gasteiger partial charge in [0.25, 0.3) is 0 Å². The van der Waals surface area contributed by atoms with Gasteiger partial charge in [0.2, 0.25) is 0 Å². The first kappa shape index (κ1) is 12.1. The molecule has 1 heterocycles. The molecule has 0 bridgehead atoms. The molecular formula is C13H20N2O2. The molecule has 1 aromatic heterocycles. The largest absolute Gasteiger partial charge is 0.481 e. The molecule has 1 saturated carbocycles. The van der Waals surface area contributed by atoms with Crippen LogP contribution in [0.15, 0.2) is 12.5 Å². The van der Waals surface area contributed by atoms with Crippen LogP contribution in [0, 0.1) is 5.92 Å². The van der Waals surface area contributed by atoms with Crippen molar-refractivity contribution in [2.24, 2.45) is 5.92 Å². The third-order valence-corrected chi connectivity index (χ3v) is 3.59. The van der Waals surface area contributed by atoms with Crippen LogP contribution in [0.1, 0.15) is 50.8 Å². The lowest BCUT2D eigenvalue weighted by molar-refractivity contribution is -0.141. The van der Waals surface area contributed by atoms with Gasteiger partial charge in [0.05, 0.1) is 17.9 Å². The highest BCUT2D eigenvalue weighted by Crippen LogP contribution is 2.28. The van der Waals surface area contributed by atoms with E-state index >= 15 is 0 Å². The summed E-state index contributed by atoms with van der Waals surface area (Å²) >= 11 is 0. The Labute approximate surface area is 102 Å². The van der Waals surface area contributed by atoms with E-state index in [9.17, 15) is 4.79 Å². The molecule has 1 atom stereocenters. The van der Waals surface area contributed by atoms with Gasteiger partial charge in [-0.15, -0.1) is 0 Å². The van der Waals surface area contributed by atoms with Crippen LogP contribution in [-0.4, -0.2) is 20.6 Å². The highest BCUT2D eigenvalue weighted by molar-refractivity contribution is 5.69. The van der Waals surface area contributed by atoms with Crippen LogP contribution >= 0.6 is 0 Å². The van der Waals surface area contributed by atoms with E-state index in [1.165, 1.54) is 32.1 Å². The third-order valence-electron chi connectivity index (χ3n) is 3.59. The number of carbonyl (C=O) groups is 1. The second-order valence-electron chi connectivity index (χ2n) is 5.05. The molecule has 1 N–H and O–H groups in total. The highest BCUT2D eigenvalue weighted by Gasteiger charge is 2.17. The zero-order valence-corrected chi connectivity index (χ0v) is 10.3. The van der Waals surface area contributed by atoms with Gasteiger partial charge in [-0.25, -0.2) is 4.98 Å². The van der Waals surface area contributed by atoms with Crippen molar-refractivity contribution < 1.29 is 9.90 Å². The van der Waals surface area contributed by atoms with Crippen LogP contribution in [0.4, 0.5) is 0 Å². The molecule has 0 aliphatic heterocycles. The van der Waals surface area contributed by atoms with Gasteiger partial charge in [0.1, 0.15) is 0 Å². The second-order valence-corrected chi connectivity index (χ2v) is 5.05. The Hall–Kier alpha value is -1.32. The number of hydrogen-bond donors (Lipinski definition) is 1. The lowest BCUT2D eigenvalue weighted by Gasteiger charge is -2.22. The number of carboxylic acid groups (broad SMARTS) is 1. The molecule has 1 fully saturated rings. The summed E-state index contributed by atoms with van der Waals surface area (Å²) < 4.78 is 2.17. The van der Waals surface area contributed by atoms with Gasteiger partial charge in [-0.05, 0) is 12.8 Å². The number of aliphatic carboxylic acids is 1. The van der Waals surface area contributed by atoms with Gasteiger partial charge >= 0.3 is 5.97 Å². The first-order chi connectivity index (χ1) is 8.16. The summed E-state index contributed by atoms with van der Waals surface area (Å²) in [6.45, 7) is 1.72. The molecular weight excluding hydrogens is 216 g/mol. The average Bonchev–Trinajstić information content (AvgIpc) is 2.78. The Morgan fingerprint density at radius 1 is 1.53 bits per heavy atom. The van der Waals surface area contributed by atoms with Crippen LogP contribution in [0.25, 0.3) is 0 Å². The lowest BCUT2D eigenvalue weighted by Crippen LogP contribution is -2.13.